The number of nitrogens with zero attached hydrogens (tertiary/aromatic N) is 2. The van der Waals surface area contributed by atoms with Gasteiger partial charge in [0.2, 0.25) is 0 Å². The van der Waals surface area contributed by atoms with Gasteiger partial charge >= 0.3 is 43.2 Å². The molecule has 0 saturated heterocycles. The van der Waals surface area contributed by atoms with Crippen LogP contribution >= 0.6 is 207 Å². The van der Waals surface area contributed by atoms with E-state index in [0.29, 0.717) is 48.5 Å². The molecule has 2 aromatic heterocycles. The van der Waals surface area contributed by atoms with E-state index in [4.69, 9.17) is 128 Å². The van der Waals surface area contributed by atoms with Crippen LogP contribution in [-0.2, 0) is 43.2 Å². The Morgan fingerprint density at radius 1 is 0.315 bits per heavy atom. The molecule has 0 aliphatic carbocycles. The molecule has 0 aliphatic heterocycles. The minimum Gasteiger partial charge on any atom is -0.238 e. The maximum atomic E-state index is 16.8. The maximum absolute atomic E-state index is 16.8. The van der Waals surface area contributed by atoms with Crippen LogP contribution in [0.25, 0.3) is 111 Å². The Bertz CT molecular complexity index is 5700. The highest BCUT2D eigenvalue weighted by molar-refractivity contribution is 9.11. The van der Waals surface area contributed by atoms with E-state index >= 15 is 83.4 Å². The van der Waals surface area contributed by atoms with Gasteiger partial charge in [0.15, 0.2) is 11.5 Å². The third kappa shape index (κ3) is 17.3. The standard InChI is InChI=1S/C71H19Br5Cl11F22N2/c72-27-5-22(6-28(73)15-27)48-34(12-26(14-41(48)74)67(95,96)97)53-36(18-42(78)57(76)60(53)85)54-37(19-46(70(104,105)106)110-63(54)71(107,108)109)55-38(20-47(82)111-64(55)87)50-30(2-1-3-39(50)68(98,99)100)51-35(11-25(66(92,93)94)13-40(51)69(101,102)103)52-32(17-43(79)59(84)61(52)86)33-16-31(21-4-24(65(89,90)91)10-29(77)7-21)58(83)49(56(33)75)23-8-44(80)62(88)45(81)9-23/h1-15,17-20H. The SMILES string of the molecule is Fc1c(Cl)cc(-c2c(Cl)c(-c3cc(Cl)cc(C(F)(F)F)c3)[c]c(-c3cc(Cl)c(Cl)c(Cl)c3-c3cc(C(F)(F)F)cc(C(F)(F)F)c3-c3cccc(C(F)(F)F)c3-c3cc(Cl)nc(Cl)c3-c3cc(C(F)(F)F)nc(C(F)(F)F)c3-c3cc(Cl)c(Br)c(Cl)c3-c3cc(C(F)(F)F)cc(Br)c3-c3cc(Br)cc(Br)c3)c2Br)cc1Cl. The van der Waals surface area contributed by atoms with E-state index in [2.05, 4.69) is 95.7 Å². The fourth-order valence-corrected chi connectivity index (χ4v) is 18.0. The lowest BCUT2D eigenvalue weighted by molar-refractivity contribution is -0.150. The van der Waals surface area contributed by atoms with Crippen LogP contribution in [0.1, 0.15) is 39.2 Å². The summed E-state index contributed by atoms with van der Waals surface area (Å²) in [6, 6.07) is 11.8. The number of benzene rings is 9. The first-order valence-corrected chi connectivity index (χ1v) is 37.4. The van der Waals surface area contributed by atoms with Crippen LogP contribution in [0, 0.1) is 11.9 Å². The minimum absolute atomic E-state index is 0.0612. The number of pyridine rings is 2. The van der Waals surface area contributed by atoms with Crippen molar-refractivity contribution in [3.05, 3.63) is 244 Å². The Balaban J connectivity index is 1.37. The molecule has 579 valence electrons. The Kier molecular flexibility index (Phi) is 24.6. The van der Waals surface area contributed by atoms with Gasteiger partial charge in [0.1, 0.15) is 16.0 Å². The first-order chi connectivity index (χ1) is 51.0. The van der Waals surface area contributed by atoms with Crippen molar-refractivity contribution in [2.75, 3.05) is 0 Å². The summed E-state index contributed by atoms with van der Waals surface area (Å²) in [7, 11) is 0. The monoisotopic (exact) mass is 2100 g/mol. The molecule has 9 aromatic carbocycles. The van der Waals surface area contributed by atoms with Crippen LogP contribution in [0.3, 0.4) is 0 Å². The van der Waals surface area contributed by atoms with Crippen molar-refractivity contribution in [2.24, 2.45) is 0 Å². The molecule has 40 heteroatoms. The van der Waals surface area contributed by atoms with Crippen molar-refractivity contribution >= 4 is 207 Å². The first kappa shape index (κ1) is 87.2. The zero-order chi connectivity index (χ0) is 82.5. The number of hydrogen-bond acceptors (Lipinski definition) is 2. The summed E-state index contributed by atoms with van der Waals surface area (Å²) >= 11 is 89.2. The van der Waals surface area contributed by atoms with Crippen LogP contribution in [0.4, 0.5) is 96.6 Å². The lowest BCUT2D eigenvalue weighted by Gasteiger charge is -2.28. The average Bonchev–Trinajstić information content (AvgIpc) is 0.719. The van der Waals surface area contributed by atoms with Crippen LogP contribution in [-0.4, -0.2) is 9.97 Å². The molecule has 0 atom stereocenters. The lowest BCUT2D eigenvalue weighted by Crippen LogP contribution is -2.18. The van der Waals surface area contributed by atoms with E-state index in [1.807, 2.05) is 0 Å². The third-order valence-electron chi connectivity index (χ3n) is 16.4. The summed E-state index contributed by atoms with van der Waals surface area (Å²) < 4.78 is 348. The van der Waals surface area contributed by atoms with Gasteiger partial charge in [0, 0.05) is 84.6 Å². The summed E-state index contributed by atoms with van der Waals surface area (Å²) in [5.41, 5.74) is -38.8. The van der Waals surface area contributed by atoms with E-state index in [-0.39, 0.29) is 38.8 Å². The van der Waals surface area contributed by atoms with Gasteiger partial charge < -0.3 is 0 Å². The second-order valence-electron chi connectivity index (χ2n) is 23.3. The van der Waals surface area contributed by atoms with Crippen molar-refractivity contribution in [3.8, 4) is 111 Å². The predicted octanol–water partition coefficient (Wildman–Crippen LogP) is 35.2. The largest absolute Gasteiger partial charge is 0.433 e. The number of aromatic nitrogens is 2. The predicted molar refractivity (Wildman–Crippen MR) is 404 cm³/mol. The maximum Gasteiger partial charge on any atom is 0.433 e. The summed E-state index contributed by atoms with van der Waals surface area (Å²) in [5.74, 6) is -1.29. The Labute approximate surface area is 705 Å². The number of rotatable bonds is 10. The van der Waals surface area contributed by atoms with Crippen molar-refractivity contribution < 1.29 is 96.6 Å². The fraction of sp³-hybridized carbons (Fsp3) is 0.0986. The third-order valence-corrected chi connectivity index (χ3v) is 23.5. The molecule has 0 saturated carbocycles. The minimum atomic E-state index is -6.32. The fourth-order valence-electron chi connectivity index (χ4n) is 12.0. The Morgan fingerprint density at radius 3 is 1.36 bits per heavy atom. The average molecular weight is 2110 g/mol. The highest BCUT2D eigenvalue weighted by atomic mass is 79.9. The lowest BCUT2D eigenvalue weighted by atomic mass is 9.79. The molecule has 0 bridgehead atoms. The van der Waals surface area contributed by atoms with E-state index in [1.165, 1.54) is 18.2 Å². The number of halogens is 38. The second-order valence-corrected chi connectivity index (χ2v) is 31.9. The molecule has 11 rings (SSSR count). The molecule has 0 N–H and O–H groups in total. The van der Waals surface area contributed by atoms with Crippen molar-refractivity contribution in [1.82, 2.24) is 9.97 Å². The van der Waals surface area contributed by atoms with Gasteiger partial charge in [0.25, 0.3) is 0 Å². The molecule has 2 heterocycles. The van der Waals surface area contributed by atoms with Gasteiger partial charge in [-0.2, -0.15) is 92.2 Å². The van der Waals surface area contributed by atoms with Gasteiger partial charge in [-0.3, -0.25) is 0 Å². The molecule has 0 amide bonds. The van der Waals surface area contributed by atoms with Crippen molar-refractivity contribution in [3.63, 3.8) is 0 Å². The quantitative estimate of drug-likeness (QED) is 0.0775. The first-order valence-electron chi connectivity index (χ1n) is 29.3. The van der Waals surface area contributed by atoms with Crippen LogP contribution in [0.2, 0.25) is 55.5 Å². The molecule has 11 aromatic rings. The molecule has 0 spiro atoms. The van der Waals surface area contributed by atoms with E-state index in [0.717, 1.165) is 18.2 Å². The smallest absolute Gasteiger partial charge is 0.238 e. The van der Waals surface area contributed by atoms with Crippen LogP contribution in [0.15, 0.2) is 138 Å². The molecule has 2 nitrogen and oxygen atoms in total. The van der Waals surface area contributed by atoms with Crippen LogP contribution < -0.4 is 0 Å². The Morgan fingerprint density at radius 2 is 0.811 bits per heavy atom. The highest BCUT2D eigenvalue weighted by Gasteiger charge is 2.48. The summed E-state index contributed by atoms with van der Waals surface area (Å²) in [4.78, 5) is 6.68. The van der Waals surface area contributed by atoms with Crippen molar-refractivity contribution in [1.29, 1.82) is 0 Å². The van der Waals surface area contributed by atoms with E-state index < -0.39 is 269 Å². The normalized spacial score (nSPS) is 12.8. The van der Waals surface area contributed by atoms with Crippen LogP contribution in [0.5, 0.6) is 0 Å². The second kappa shape index (κ2) is 31.3. The Hall–Kier alpha value is -4.67. The van der Waals surface area contributed by atoms with Gasteiger partial charge in [-0.25, -0.2) is 14.4 Å². The summed E-state index contributed by atoms with van der Waals surface area (Å²) in [6.07, 6.45) is -41.5. The topological polar surface area (TPSA) is 25.8 Å². The number of alkyl halides is 21. The molecular formula is C71H19Br5Cl11F22N2. The van der Waals surface area contributed by atoms with Crippen molar-refractivity contribution in [2.45, 2.75) is 43.2 Å². The molecule has 0 aliphatic rings. The summed E-state index contributed by atoms with van der Waals surface area (Å²) in [6.45, 7) is 0. The zero-order valence-corrected chi connectivity index (χ0v) is 68.5. The molecule has 0 fully saturated rings. The molecule has 0 unspecified atom stereocenters. The summed E-state index contributed by atoms with van der Waals surface area (Å²) in [5, 5.41) is -10.6. The molecular weight excluding hydrogens is 2090 g/mol. The van der Waals surface area contributed by atoms with Gasteiger partial charge in [-0.15, -0.1) is 0 Å². The van der Waals surface area contributed by atoms with Gasteiger partial charge in [0.05, 0.1) is 72.5 Å². The van der Waals surface area contributed by atoms with Gasteiger partial charge in [-0.1, -0.05) is 188 Å². The highest BCUT2D eigenvalue weighted by Crippen LogP contribution is 2.62. The zero-order valence-electron chi connectivity index (χ0n) is 52.2. The molecule has 111 heavy (non-hydrogen) atoms. The number of hydrogen-bond donors (Lipinski definition) is 0. The van der Waals surface area contributed by atoms with Gasteiger partial charge in [-0.05, 0) is 191 Å². The van der Waals surface area contributed by atoms with E-state index in [9.17, 15) is 13.2 Å². The molecule has 1 radical (unpaired) electrons. The van der Waals surface area contributed by atoms with E-state index in [1.54, 1.807) is 0 Å².